The van der Waals surface area contributed by atoms with Crippen LogP contribution in [0.15, 0.2) is 69.1 Å². The van der Waals surface area contributed by atoms with Crippen LogP contribution in [0.1, 0.15) is 21.7 Å². The van der Waals surface area contributed by atoms with Gasteiger partial charge in [0.2, 0.25) is 0 Å². The van der Waals surface area contributed by atoms with E-state index in [1.54, 1.807) is 31.5 Å². The summed E-state index contributed by atoms with van der Waals surface area (Å²) in [6.07, 6.45) is 4.06. The van der Waals surface area contributed by atoms with E-state index >= 15 is 0 Å². The van der Waals surface area contributed by atoms with Gasteiger partial charge in [-0.1, -0.05) is 22.0 Å². The number of furan rings is 1. The number of carbonyl (C=O) groups excluding carboxylic acids is 1. The minimum Gasteiger partial charge on any atom is -0.496 e. The lowest BCUT2D eigenvalue weighted by molar-refractivity contribution is 0.0929. The molecule has 0 unspecified atom stereocenters. The smallest absolute Gasteiger partial charge is 0.307 e. The third-order valence-corrected chi connectivity index (χ3v) is 4.24. The van der Waals surface area contributed by atoms with Gasteiger partial charge in [0.05, 0.1) is 13.3 Å². The SMILES string of the molecule is C=CCc1cc(/C=N/NC(=O)c2cc3cc(Br)ccc3o2)ccc1OC. The third-order valence-electron chi connectivity index (χ3n) is 3.75. The number of carbonyl (C=O) groups is 1. The Labute approximate surface area is 159 Å². The standard InChI is InChI=1S/C20H17BrN2O3/c1-3-4-14-9-13(5-7-17(14)25-2)12-22-23-20(24)19-11-15-10-16(21)6-8-18(15)26-19/h3,5-12H,1,4H2,2H3,(H,23,24)/b22-12+. The second kappa shape index (κ2) is 8.01. The molecule has 6 heteroatoms. The highest BCUT2D eigenvalue weighted by atomic mass is 79.9. The van der Waals surface area contributed by atoms with Gasteiger partial charge in [-0.25, -0.2) is 5.43 Å². The molecule has 2 aromatic carbocycles. The van der Waals surface area contributed by atoms with E-state index in [9.17, 15) is 4.79 Å². The molecule has 1 aromatic heterocycles. The van der Waals surface area contributed by atoms with Crippen molar-refractivity contribution in [3.63, 3.8) is 0 Å². The molecule has 1 N–H and O–H groups in total. The fraction of sp³-hybridized carbons (Fsp3) is 0.100. The molecule has 3 rings (SSSR count). The lowest BCUT2D eigenvalue weighted by Gasteiger charge is -2.07. The maximum absolute atomic E-state index is 12.2. The van der Waals surface area contributed by atoms with Crippen LogP contribution in [0.25, 0.3) is 11.0 Å². The highest BCUT2D eigenvalue weighted by molar-refractivity contribution is 9.10. The molecule has 132 valence electrons. The van der Waals surface area contributed by atoms with Crippen molar-refractivity contribution in [1.29, 1.82) is 0 Å². The van der Waals surface area contributed by atoms with Gasteiger partial charge in [-0.3, -0.25) is 4.79 Å². The summed E-state index contributed by atoms with van der Waals surface area (Å²) >= 11 is 3.39. The number of allylic oxidation sites excluding steroid dienone is 1. The van der Waals surface area contributed by atoms with Crippen molar-refractivity contribution < 1.29 is 13.9 Å². The van der Waals surface area contributed by atoms with E-state index in [2.05, 4.69) is 33.0 Å². The summed E-state index contributed by atoms with van der Waals surface area (Å²) in [6.45, 7) is 3.74. The number of ether oxygens (including phenoxy) is 1. The third kappa shape index (κ3) is 4.03. The van der Waals surface area contributed by atoms with Crippen molar-refractivity contribution in [3.05, 3.63) is 76.5 Å². The zero-order valence-electron chi connectivity index (χ0n) is 14.2. The monoisotopic (exact) mass is 412 g/mol. The Morgan fingerprint density at radius 2 is 2.15 bits per heavy atom. The Bertz CT molecular complexity index is 992. The molecule has 0 aliphatic heterocycles. The first kappa shape index (κ1) is 17.9. The molecular weight excluding hydrogens is 396 g/mol. The summed E-state index contributed by atoms with van der Waals surface area (Å²) in [5.41, 5.74) is 4.97. The van der Waals surface area contributed by atoms with E-state index < -0.39 is 5.91 Å². The van der Waals surface area contributed by atoms with E-state index in [1.165, 1.54) is 0 Å². The van der Waals surface area contributed by atoms with Crippen LogP contribution in [0, 0.1) is 0 Å². The minimum atomic E-state index is -0.409. The van der Waals surface area contributed by atoms with Crippen LogP contribution in [-0.4, -0.2) is 19.2 Å². The molecule has 0 spiro atoms. The minimum absolute atomic E-state index is 0.206. The molecule has 0 saturated carbocycles. The number of nitrogens with zero attached hydrogens (tertiary/aromatic N) is 1. The molecule has 5 nitrogen and oxygen atoms in total. The molecule has 0 fully saturated rings. The number of hydrogen-bond donors (Lipinski definition) is 1. The van der Waals surface area contributed by atoms with Crippen molar-refractivity contribution in [2.45, 2.75) is 6.42 Å². The van der Waals surface area contributed by atoms with E-state index in [-0.39, 0.29) is 5.76 Å². The van der Waals surface area contributed by atoms with Gasteiger partial charge in [-0.05, 0) is 60.0 Å². The number of methoxy groups -OCH3 is 1. The normalized spacial score (nSPS) is 11.0. The van der Waals surface area contributed by atoms with Gasteiger partial charge >= 0.3 is 5.91 Å². The van der Waals surface area contributed by atoms with E-state index in [0.29, 0.717) is 12.0 Å². The van der Waals surface area contributed by atoms with Gasteiger partial charge in [0.25, 0.3) is 0 Å². The predicted molar refractivity (Wildman–Crippen MR) is 106 cm³/mol. The zero-order chi connectivity index (χ0) is 18.5. The summed E-state index contributed by atoms with van der Waals surface area (Å²) < 4.78 is 11.8. The number of fused-ring (bicyclic) bond motifs is 1. The van der Waals surface area contributed by atoms with Gasteiger partial charge in [0.1, 0.15) is 11.3 Å². The average molecular weight is 413 g/mol. The molecule has 0 aliphatic carbocycles. The highest BCUT2D eigenvalue weighted by Crippen LogP contribution is 2.23. The Hall–Kier alpha value is -2.86. The van der Waals surface area contributed by atoms with Crippen molar-refractivity contribution in [2.24, 2.45) is 5.10 Å². The summed E-state index contributed by atoms with van der Waals surface area (Å²) in [4.78, 5) is 12.2. The largest absolute Gasteiger partial charge is 0.496 e. The summed E-state index contributed by atoms with van der Waals surface area (Å²) in [7, 11) is 1.63. The first-order chi connectivity index (χ1) is 12.6. The zero-order valence-corrected chi connectivity index (χ0v) is 15.7. The molecule has 1 heterocycles. The Kier molecular flexibility index (Phi) is 5.53. The molecule has 0 atom stereocenters. The molecule has 26 heavy (non-hydrogen) atoms. The second-order valence-electron chi connectivity index (χ2n) is 5.56. The first-order valence-electron chi connectivity index (χ1n) is 7.91. The molecule has 0 aliphatic rings. The number of rotatable bonds is 6. The van der Waals surface area contributed by atoms with Crippen molar-refractivity contribution >= 4 is 39.0 Å². The predicted octanol–water partition coefficient (Wildman–Crippen LogP) is 4.70. The van der Waals surface area contributed by atoms with Crippen LogP contribution in [-0.2, 0) is 6.42 Å². The summed E-state index contributed by atoms with van der Waals surface area (Å²) in [5, 5.41) is 4.85. The Morgan fingerprint density at radius 1 is 1.31 bits per heavy atom. The van der Waals surface area contributed by atoms with Crippen LogP contribution in [0.2, 0.25) is 0 Å². The van der Waals surface area contributed by atoms with Crippen LogP contribution >= 0.6 is 15.9 Å². The number of benzene rings is 2. The quantitative estimate of drug-likeness (QED) is 0.362. The Morgan fingerprint density at radius 3 is 2.92 bits per heavy atom. The molecular formula is C20H17BrN2O3. The van der Waals surface area contributed by atoms with E-state index in [0.717, 1.165) is 26.7 Å². The lowest BCUT2D eigenvalue weighted by atomic mass is 10.1. The van der Waals surface area contributed by atoms with Crippen molar-refractivity contribution in [2.75, 3.05) is 7.11 Å². The van der Waals surface area contributed by atoms with Gasteiger partial charge < -0.3 is 9.15 Å². The molecule has 0 bridgehead atoms. The fourth-order valence-electron chi connectivity index (χ4n) is 2.54. The highest BCUT2D eigenvalue weighted by Gasteiger charge is 2.11. The fourth-order valence-corrected chi connectivity index (χ4v) is 2.92. The number of amides is 1. The number of hydrazone groups is 1. The van der Waals surface area contributed by atoms with E-state index in [4.69, 9.17) is 9.15 Å². The molecule has 3 aromatic rings. The number of hydrogen-bond acceptors (Lipinski definition) is 4. The topological polar surface area (TPSA) is 63.8 Å². The lowest BCUT2D eigenvalue weighted by Crippen LogP contribution is -2.16. The molecule has 0 radical (unpaired) electrons. The number of nitrogens with one attached hydrogen (secondary N) is 1. The van der Waals surface area contributed by atoms with Gasteiger partial charge in [-0.2, -0.15) is 5.10 Å². The van der Waals surface area contributed by atoms with Crippen LogP contribution in [0.4, 0.5) is 0 Å². The first-order valence-corrected chi connectivity index (χ1v) is 8.70. The van der Waals surface area contributed by atoms with Crippen LogP contribution < -0.4 is 10.2 Å². The summed E-state index contributed by atoms with van der Waals surface area (Å²) in [6, 6.07) is 12.9. The van der Waals surface area contributed by atoms with Gasteiger partial charge in [0.15, 0.2) is 5.76 Å². The average Bonchev–Trinajstić information content (AvgIpc) is 3.05. The maximum Gasteiger partial charge on any atom is 0.307 e. The van der Waals surface area contributed by atoms with Gasteiger partial charge in [0, 0.05) is 9.86 Å². The van der Waals surface area contributed by atoms with Gasteiger partial charge in [-0.15, -0.1) is 6.58 Å². The van der Waals surface area contributed by atoms with Crippen molar-refractivity contribution in [3.8, 4) is 5.75 Å². The number of halogens is 1. The molecule has 1 amide bonds. The second-order valence-corrected chi connectivity index (χ2v) is 6.47. The molecule has 0 saturated heterocycles. The Balaban J connectivity index is 1.71. The van der Waals surface area contributed by atoms with Crippen molar-refractivity contribution in [1.82, 2.24) is 5.43 Å². The van der Waals surface area contributed by atoms with Crippen LogP contribution in [0.5, 0.6) is 5.75 Å². The van der Waals surface area contributed by atoms with E-state index in [1.807, 2.05) is 30.3 Å². The summed E-state index contributed by atoms with van der Waals surface area (Å²) in [5.74, 6) is 0.588. The maximum atomic E-state index is 12.2. The van der Waals surface area contributed by atoms with Crippen LogP contribution in [0.3, 0.4) is 0 Å².